The van der Waals surface area contributed by atoms with Crippen molar-refractivity contribution in [3.05, 3.63) is 29.8 Å². The van der Waals surface area contributed by atoms with E-state index in [4.69, 9.17) is 4.74 Å². The number of likely N-dealkylation sites (N-methyl/N-ethyl adjacent to an activating group) is 1. The lowest BCUT2D eigenvalue weighted by Crippen LogP contribution is -2.33. The molecule has 3 nitrogen and oxygen atoms in total. The molecule has 3 heteroatoms. The maximum atomic E-state index is 11.8. The van der Waals surface area contributed by atoms with Crippen molar-refractivity contribution in [1.29, 1.82) is 0 Å². The van der Waals surface area contributed by atoms with Crippen molar-refractivity contribution in [3.8, 4) is 5.75 Å². The van der Waals surface area contributed by atoms with Crippen LogP contribution in [0.1, 0.15) is 38.2 Å². The van der Waals surface area contributed by atoms with Crippen molar-refractivity contribution in [1.82, 2.24) is 4.90 Å². The highest BCUT2D eigenvalue weighted by molar-refractivity contribution is 5.78. The molecule has 1 aromatic rings. The molecule has 0 aromatic heterocycles. The zero-order chi connectivity index (χ0) is 13.1. The van der Waals surface area contributed by atoms with Crippen LogP contribution in [0.3, 0.4) is 0 Å². The number of hydrogen-bond donors (Lipinski definition) is 0. The molecule has 1 aliphatic rings. The van der Waals surface area contributed by atoms with E-state index in [0.29, 0.717) is 12.0 Å². The van der Waals surface area contributed by atoms with Crippen LogP contribution in [0.5, 0.6) is 5.75 Å². The van der Waals surface area contributed by atoms with Gasteiger partial charge >= 0.3 is 0 Å². The van der Waals surface area contributed by atoms with E-state index < -0.39 is 0 Å². The fourth-order valence-corrected chi connectivity index (χ4v) is 1.86. The maximum absolute atomic E-state index is 11.8. The first-order valence-electron chi connectivity index (χ1n) is 6.56. The Morgan fingerprint density at radius 1 is 1.33 bits per heavy atom. The van der Waals surface area contributed by atoms with E-state index in [0.717, 1.165) is 18.6 Å². The van der Waals surface area contributed by atoms with Crippen LogP contribution in [0.25, 0.3) is 0 Å². The molecule has 98 valence electrons. The highest BCUT2D eigenvalue weighted by atomic mass is 16.5. The van der Waals surface area contributed by atoms with Gasteiger partial charge in [-0.05, 0) is 36.5 Å². The molecular formula is C15H21NO2. The van der Waals surface area contributed by atoms with Gasteiger partial charge in [0, 0.05) is 13.1 Å². The predicted octanol–water partition coefficient (Wildman–Crippen LogP) is 2.81. The summed E-state index contributed by atoms with van der Waals surface area (Å²) < 4.78 is 5.51. The molecule has 0 unspecified atom stereocenters. The molecular weight excluding hydrogens is 226 g/mol. The second-order valence-electron chi connectivity index (χ2n) is 5.25. The van der Waals surface area contributed by atoms with Gasteiger partial charge in [-0.25, -0.2) is 0 Å². The molecule has 0 atom stereocenters. The van der Waals surface area contributed by atoms with Gasteiger partial charge in [0.1, 0.15) is 5.75 Å². The van der Waals surface area contributed by atoms with E-state index in [1.807, 2.05) is 19.2 Å². The summed E-state index contributed by atoms with van der Waals surface area (Å²) in [6.45, 7) is 4.45. The summed E-state index contributed by atoms with van der Waals surface area (Å²) in [6.07, 6.45) is 2.26. The quantitative estimate of drug-likeness (QED) is 0.800. The number of amides is 1. The van der Waals surface area contributed by atoms with Crippen LogP contribution < -0.4 is 4.74 Å². The molecule has 2 rings (SSSR count). The van der Waals surface area contributed by atoms with Gasteiger partial charge in [0.15, 0.2) is 6.61 Å². The van der Waals surface area contributed by atoms with Gasteiger partial charge in [-0.2, -0.15) is 0 Å². The minimum Gasteiger partial charge on any atom is -0.484 e. The van der Waals surface area contributed by atoms with Gasteiger partial charge in [0.25, 0.3) is 5.91 Å². The van der Waals surface area contributed by atoms with E-state index in [1.54, 1.807) is 4.90 Å². The largest absolute Gasteiger partial charge is 0.484 e. The monoisotopic (exact) mass is 247 g/mol. The molecule has 1 saturated carbocycles. The molecule has 0 radical (unpaired) electrons. The van der Waals surface area contributed by atoms with Crippen molar-refractivity contribution < 1.29 is 9.53 Å². The van der Waals surface area contributed by atoms with Crippen molar-refractivity contribution in [2.24, 2.45) is 0 Å². The highest BCUT2D eigenvalue weighted by Gasteiger charge is 2.29. The van der Waals surface area contributed by atoms with Gasteiger partial charge in [0.05, 0.1) is 0 Å². The number of carbonyl (C=O) groups is 1. The first-order valence-corrected chi connectivity index (χ1v) is 6.56. The lowest BCUT2D eigenvalue weighted by Gasteiger charge is -2.16. The normalized spacial score (nSPS) is 14.7. The summed E-state index contributed by atoms with van der Waals surface area (Å²) >= 11 is 0. The van der Waals surface area contributed by atoms with E-state index >= 15 is 0 Å². The fraction of sp³-hybridized carbons (Fsp3) is 0.533. The number of nitrogens with zero attached hydrogens (tertiary/aromatic N) is 1. The number of benzene rings is 1. The van der Waals surface area contributed by atoms with Crippen molar-refractivity contribution in [2.75, 3.05) is 13.7 Å². The van der Waals surface area contributed by atoms with Gasteiger partial charge in [-0.15, -0.1) is 0 Å². The second kappa shape index (κ2) is 5.42. The number of ether oxygens (including phenoxy) is 1. The molecule has 18 heavy (non-hydrogen) atoms. The van der Waals surface area contributed by atoms with Crippen LogP contribution in [0.2, 0.25) is 0 Å². The topological polar surface area (TPSA) is 29.5 Å². The van der Waals surface area contributed by atoms with E-state index in [1.165, 1.54) is 5.56 Å². The minimum atomic E-state index is 0.0606. The lowest BCUT2D eigenvalue weighted by atomic mass is 10.0. The van der Waals surface area contributed by atoms with Crippen LogP contribution >= 0.6 is 0 Å². The average molecular weight is 247 g/mol. The first-order chi connectivity index (χ1) is 8.58. The molecule has 1 aliphatic carbocycles. The first kappa shape index (κ1) is 12.9. The standard InChI is InChI=1S/C15H21NO2/c1-11(2)12-4-8-14(9-5-12)18-10-15(17)16(3)13-6-7-13/h4-5,8-9,11,13H,6-7,10H2,1-3H3. The molecule has 0 aliphatic heterocycles. The summed E-state index contributed by atoms with van der Waals surface area (Å²) in [5.74, 6) is 1.34. The van der Waals surface area contributed by atoms with Gasteiger partial charge < -0.3 is 9.64 Å². The van der Waals surface area contributed by atoms with Gasteiger partial charge in [-0.3, -0.25) is 4.79 Å². The molecule has 0 N–H and O–H groups in total. The SMILES string of the molecule is CC(C)c1ccc(OCC(=O)N(C)C2CC2)cc1. The zero-order valence-corrected chi connectivity index (χ0v) is 11.3. The van der Waals surface area contributed by atoms with E-state index in [2.05, 4.69) is 26.0 Å². The Kier molecular flexibility index (Phi) is 3.90. The molecule has 0 bridgehead atoms. The minimum absolute atomic E-state index is 0.0606. The third-order valence-corrected chi connectivity index (χ3v) is 3.40. The number of carbonyl (C=O) groups excluding carboxylic acids is 1. The summed E-state index contributed by atoms with van der Waals surface area (Å²) in [5.41, 5.74) is 1.28. The Labute approximate surface area is 109 Å². The summed E-state index contributed by atoms with van der Waals surface area (Å²) in [6, 6.07) is 8.41. The number of hydrogen-bond acceptors (Lipinski definition) is 2. The smallest absolute Gasteiger partial charge is 0.260 e. The second-order valence-corrected chi connectivity index (χ2v) is 5.25. The van der Waals surface area contributed by atoms with Crippen LogP contribution in [0.4, 0.5) is 0 Å². The number of rotatable bonds is 5. The Balaban J connectivity index is 1.84. The third-order valence-electron chi connectivity index (χ3n) is 3.40. The van der Waals surface area contributed by atoms with Crippen LogP contribution in [0.15, 0.2) is 24.3 Å². The Morgan fingerprint density at radius 2 is 1.94 bits per heavy atom. The van der Waals surface area contributed by atoms with Crippen LogP contribution in [0, 0.1) is 0 Å². The molecule has 0 heterocycles. The summed E-state index contributed by atoms with van der Waals surface area (Å²) in [5, 5.41) is 0. The molecule has 1 aromatic carbocycles. The third kappa shape index (κ3) is 3.25. The maximum Gasteiger partial charge on any atom is 0.260 e. The molecule has 0 spiro atoms. The van der Waals surface area contributed by atoms with E-state index in [9.17, 15) is 4.79 Å². The highest BCUT2D eigenvalue weighted by Crippen LogP contribution is 2.25. The van der Waals surface area contributed by atoms with Crippen LogP contribution in [-0.2, 0) is 4.79 Å². The van der Waals surface area contributed by atoms with Crippen molar-refractivity contribution >= 4 is 5.91 Å². The average Bonchev–Trinajstić information content (AvgIpc) is 3.19. The lowest BCUT2D eigenvalue weighted by molar-refractivity contribution is -0.132. The Morgan fingerprint density at radius 3 is 2.44 bits per heavy atom. The van der Waals surface area contributed by atoms with Crippen molar-refractivity contribution in [2.45, 2.75) is 38.6 Å². The zero-order valence-electron chi connectivity index (χ0n) is 11.3. The molecule has 0 saturated heterocycles. The van der Waals surface area contributed by atoms with Crippen molar-refractivity contribution in [3.63, 3.8) is 0 Å². The molecule has 1 fully saturated rings. The Bertz CT molecular complexity index is 407. The van der Waals surface area contributed by atoms with Gasteiger partial charge in [-0.1, -0.05) is 26.0 Å². The predicted molar refractivity (Wildman–Crippen MR) is 71.8 cm³/mol. The van der Waals surface area contributed by atoms with Gasteiger partial charge in [0.2, 0.25) is 0 Å². The van der Waals surface area contributed by atoms with E-state index in [-0.39, 0.29) is 12.5 Å². The molecule has 1 amide bonds. The fourth-order valence-electron chi connectivity index (χ4n) is 1.86. The summed E-state index contributed by atoms with van der Waals surface area (Å²) in [4.78, 5) is 13.6. The summed E-state index contributed by atoms with van der Waals surface area (Å²) in [7, 11) is 1.85. The Hall–Kier alpha value is -1.51. The van der Waals surface area contributed by atoms with Crippen LogP contribution in [-0.4, -0.2) is 30.5 Å².